The minimum absolute atomic E-state index is 0.914. The highest BCUT2D eigenvalue weighted by atomic mass is 15.3. The Kier molecular flexibility index (Phi) is 3.45. The molecule has 0 aliphatic rings. The van der Waals surface area contributed by atoms with E-state index in [1.165, 1.54) is 21.5 Å². The molecule has 0 saturated carbocycles. The monoisotopic (exact) mass is 297 g/mol. The van der Waals surface area contributed by atoms with Crippen LogP contribution in [0.4, 0.5) is 0 Å². The van der Waals surface area contributed by atoms with Gasteiger partial charge in [-0.25, -0.2) is 0 Å². The summed E-state index contributed by atoms with van der Waals surface area (Å²) in [6, 6.07) is 29.1. The molecule has 110 valence electrons. The molecule has 0 atom stereocenters. The van der Waals surface area contributed by atoms with Crippen LogP contribution in [0.15, 0.2) is 84.9 Å². The molecule has 0 aliphatic heterocycles. The maximum absolute atomic E-state index is 3.88. The van der Waals surface area contributed by atoms with Gasteiger partial charge in [-0.15, -0.1) is 0 Å². The number of nitrogens with zero attached hydrogens (tertiary/aromatic N) is 2. The summed E-state index contributed by atoms with van der Waals surface area (Å²) in [5, 5.41) is 15.5. The van der Waals surface area contributed by atoms with Gasteiger partial charge in [0.05, 0.1) is 0 Å². The van der Waals surface area contributed by atoms with Crippen LogP contribution in [0.25, 0.3) is 32.6 Å². The first-order valence-electron chi connectivity index (χ1n) is 7.53. The molecule has 23 heavy (non-hydrogen) atoms. The summed E-state index contributed by atoms with van der Waals surface area (Å²) in [5.41, 5.74) is 1.83. The van der Waals surface area contributed by atoms with E-state index in [0.29, 0.717) is 0 Å². The van der Waals surface area contributed by atoms with Gasteiger partial charge in [0, 0.05) is 0 Å². The fourth-order valence-corrected chi connectivity index (χ4v) is 2.67. The highest BCUT2D eigenvalue weighted by molar-refractivity contribution is 5.98. The van der Waals surface area contributed by atoms with Crippen LogP contribution in [-0.4, -0.2) is 15.4 Å². The van der Waals surface area contributed by atoms with Gasteiger partial charge in [0.2, 0.25) is 0 Å². The van der Waals surface area contributed by atoms with Crippen molar-refractivity contribution in [3.8, 4) is 0 Å². The maximum Gasteiger partial charge on any atom is 0.112 e. The Morgan fingerprint density at radius 1 is 0.478 bits per heavy atom. The average molecular weight is 297 g/mol. The molecule has 0 bridgehead atoms. The first kappa shape index (κ1) is 13.5. The van der Waals surface area contributed by atoms with Crippen LogP contribution < -0.4 is 0 Å². The Morgan fingerprint density at radius 2 is 0.826 bits per heavy atom. The Bertz CT molecular complexity index is 944. The van der Waals surface area contributed by atoms with E-state index in [0.717, 1.165) is 11.0 Å². The van der Waals surface area contributed by atoms with E-state index in [-0.39, 0.29) is 0 Å². The van der Waals surface area contributed by atoms with Gasteiger partial charge >= 0.3 is 0 Å². The van der Waals surface area contributed by atoms with Gasteiger partial charge in [-0.05, 0) is 45.8 Å². The van der Waals surface area contributed by atoms with Gasteiger partial charge in [0.25, 0.3) is 0 Å². The zero-order valence-electron chi connectivity index (χ0n) is 12.5. The molecule has 0 amide bonds. The third kappa shape index (κ3) is 2.77. The Morgan fingerprint density at radius 3 is 1.22 bits per heavy atom. The highest BCUT2D eigenvalue weighted by Crippen LogP contribution is 2.22. The van der Waals surface area contributed by atoms with Crippen molar-refractivity contribution in [1.82, 2.24) is 15.4 Å². The van der Waals surface area contributed by atoms with Crippen LogP contribution >= 0.6 is 0 Å². The van der Waals surface area contributed by atoms with Crippen molar-refractivity contribution in [2.45, 2.75) is 0 Å². The zero-order chi connectivity index (χ0) is 15.5. The number of fused-ring (bicyclic) bond motifs is 3. The number of rotatable bonds is 0. The van der Waals surface area contributed by atoms with Crippen LogP contribution in [0.5, 0.6) is 0 Å². The third-order valence-corrected chi connectivity index (χ3v) is 3.84. The van der Waals surface area contributed by atoms with Crippen molar-refractivity contribution in [2.75, 3.05) is 0 Å². The number of hydrogen-bond acceptors (Lipinski definition) is 2. The number of benzene rings is 4. The SMILES string of the molecule is c1ccc2cc3ccccc3cc2c1.c1ccc2n[nH]nc2c1. The summed E-state index contributed by atoms with van der Waals surface area (Å²) in [6.07, 6.45) is 0. The Labute approximate surface area is 133 Å². The molecule has 0 radical (unpaired) electrons. The van der Waals surface area contributed by atoms with E-state index in [4.69, 9.17) is 0 Å². The minimum Gasteiger partial charge on any atom is -0.197 e. The smallest absolute Gasteiger partial charge is 0.112 e. The van der Waals surface area contributed by atoms with Gasteiger partial charge < -0.3 is 0 Å². The zero-order valence-corrected chi connectivity index (χ0v) is 12.5. The molecule has 0 unspecified atom stereocenters. The van der Waals surface area contributed by atoms with E-state index in [2.05, 4.69) is 76.1 Å². The summed E-state index contributed by atoms with van der Waals surface area (Å²) >= 11 is 0. The predicted molar refractivity (Wildman–Crippen MR) is 95.3 cm³/mol. The lowest BCUT2D eigenvalue weighted by Crippen LogP contribution is -1.74. The minimum atomic E-state index is 0.914. The van der Waals surface area contributed by atoms with Crippen LogP contribution in [0.1, 0.15) is 0 Å². The molecule has 1 N–H and O–H groups in total. The Hall–Kier alpha value is -3.20. The Balaban J connectivity index is 0.000000130. The molecule has 3 heteroatoms. The fourth-order valence-electron chi connectivity index (χ4n) is 2.67. The standard InChI is InChI=1S/C14H10.C6H5N3/c1-2-6-12-10-14-8-4-3-7-13(14)9-11(12)5-1;1-2-4-6-5(3-1)7-9-8-6/h1-10H;1-4H,(H,7,8,9). The molecule has 0 aliphatic carbocycles. The van der Waals surface area contributed by atoms with E-state index < -0.39 is 0 Å². The molecule has 0 spiro atoms. The maximum atomic E-state index is 3.88. The molecular weight excluding hydrogens is 282 g/mol. The van der Waals surface area contributed by atoms with Gasteiger partial charge in [-0.3, -0.25) is 0 Å². The van der Waals surface area contributed by atoms with Gasteiger partial charge in [0.15, 0.2) is 0 Å². The van der Waals surface area contributed by atoms with E-state index in [1.54, 1.807) is 0 Å². The van der Waals surface area contributed by atoms with E-state index in [1.807, 2.05) is 24.3 Å². The lowest BCUT2D eigenvalue weighted by molar-refractivity contribution is 0.959. The second-order valence-corrected chi connectivity index (χ2v) is 5.36. The number of H-pyrrole nitrogens is 1. The summed E-state index contributed by atoms with van der Waals surface area (Å²) < 4.78 is 0. The molecule has 5 aromatic rings. The summed E-state index contributed by atoms with van der Waals surface area (Å²) in [6.45, 7) is 0. The summed E-state index contributed by atoms with van der Waals surface area (Å²) in [4.78, 5) is 0. The van der Waals surface area contributed by atoms with Crippen molar-refractivity contribution < 1.29 is 0 Å². The van der Waals surface area contributed by atoms with Crippen LogP contribution in [0.2, 0.25) is 0 Å². The second kappa shape index (κ2) is 5.89. The second-order valence-electron chi connectivity index (χ2n) is 5.36. The van der Waals surface area contributed by atoms with Crippen LogP contribution in [0.3, 0.4) is 0 Å². The number of hydrogen-bond donors (Lipinski definition) is 1. The van der Waals surface area contributed by atoms with Crippen molar-refractivity contribution in [3.63, 3.8) is 0 Å². The van der Waals surface area contributed by atoms with Crippen molar-refractivity contribution in [3.05, 3.63) is 84.9 Å². The van der Waals surface area contributed by atoms with Crippen molar-refractivity contribution in [2.24, 2.45) is 0 Å². The first-order chi connectivity index (χ1) is 11.4. The average Bonchev–Trinajstić information content (AvgIpc) is 3.09. The van der Waals surface area contributed by atoms with Crippen LogP contribution in [-0.2, 0) is 0 Å². The van der Waals surface area contributed by atoms with Gasteiger partial charge in [-0.1, -0.05) is 60.7 Å². The normalized spacial score (nSPS) is 10.6. The van der Waals surface area contributed by atoms with E-state index in [9.17, 15) is 0 Å². The molecule has 4 aromatic carbocycles. The fraction of sp³-hybridized carbons (Fsp3) is 0. The molecule has 1 heterocycles. The number of aromatic amines is 1. The topological polar surface area (TPSA) is 41.6 Å². The van der Waals surface area contributed by atoms with Crippen molar-refractivity contribution in [1.29, 1.82) is 0 Å². The molecule has 5 rings (SSSR count). The van der Waals surface area contributed by atoms with Crippen LogP contribution in [0, 0.1) is 0 Å². The molecule has 0 saturated heterocycles. The predicted octanol–water partition coefficient (Wildman–Crippen LogP) is 4.95. The molecular formula is C20H15N3. The summed E-state index contributed by atoms with van der Waals surface area (Å²) in [5.74, 6) is 0. The molecule has 1 aromatic heterocycles. The van der Waals surface area contributed by atoms with Gasteiger partial charge in [0.1, 0.15) is 11.0 Å². The lowest BCUT2D eigenvalue weighted by Gasteiger charge is -2.00. The lowest BCUT2D eigenvalue weighted by atomic mass is 10.0. The molecule has 0 fully saturated rings. The number of para-hydroxylation sites is 2. The van der Waals surface area contributed by atoms with Gasteiger partial charge in [-0.2, -0.15) is 15.4 Å². The largest absolute Gasteiger partial charge is 0.197 e. The summed E-state index contributed by atoms with van der Waals surface area (Å²) in [7, 11) is 0. The third-order valence-electron chi connectivity index (χ3n) is 3.84. The first-order valence-corrected chi connectivity index (χ1v) is 7.53. The van der Waals surface area contributed by atoms with E-state index >= 15 is 0 Å². The highest BCUT2D eigenvalue weighted by Gasteiger charge is 1.95. The quantitative estimate of drug-likeness (QED) is 0.411. The molecule has 3 nitrogen and oxygen atoms in total. The van der Waals surface area contributed by atoms with Crippen molar-refractivity contribution >= 4 is 32.6 Å². The number of nitrogens with one attached hydrogen (secondary N) is 1. The number of aromatic nitrogens is 3.